The van der Waals surface area contributed by atoms with Gasteiger partial charge in [0.2, 0.25) is 0 Å². The Morgan fingerprint density at radius 2 is 1.84 bits per heavy atom. The fourth-order valence-electron chi connectivity index (χ4n) is 4.88. The lowest BCUT2D eigenvalue weighted by molar-refractivity contribution is 0.0992. The number of carbonyl (C=O) groups excluding carboxylic acids is 1. The van der Waals surface area contributed by atoms with Crippen LogP contribution in [0.25, 0.3) is 22.3 Å². The van der Waals surface area contributed by atoms with Crippen LogP contribution >= 0.6 is 0 Å². The summed E-state index contributed by atoms with van der Waals surface area (Å²) in [6, 6.07) is 16.8. The molecule has 3 aromatic heterocycles. The van der Waals surface area contributed by atoms with E-state index in [2.05, 4.69) is 9.97 Å². The van der Waals surface area contributed by atoms with Crippen molar-refractivity contribution in [3.63, 3.8) is 0 Å². The first-order valence-corrected chi connectivity index (χ1v) is 12.2. The van der Waals surface area contributed by atoms with Crippen LogP contribution in [0.3, 0.4) is 0 Å². The molecule has 0 radical (unpaired) electrons. The predicted octanol–water partition coefficient (Wildman–Crippen LogP) is 5.03. The van der Waals surface area contributed by atoms with Gasteiger partial charge in [0.1, 0.15) is 17.1 Å². The van der Waals surface area contributed by atoms with E-state index in [0.29, 0.717) is 52.4 Å². The number of nitrogens with zero attached hydrogens (tertiary/aromatic N) is 4. The molecule has 0 spiro atoms. The van der Waals surface area contributed by atoms with E-state index < -0.39 is 5.82 Å². The molecule has 190 valence electrons. The zero-order valence-electron chi connectivity index (χ0n) is 20.6. The van der Waals surface area contributed by atoms with E-state index >= 15 is 4.39 Å². The van der Waals surface area contributed by atoms with Crippen LogP contribution in [0.4, 0.5) is 4.39 Å². The number of carbonyl (C=O) groups is 1. The number of benzene rings is 2. The summed E-state index contributed by atoms with van der Waals surface area (Å²) in [4.78, 5) is 35.2. The average molecular weight is 511 g/mol. The summed E-state index contributed by atoms with van der Waals surface area (Å²) in [5, 5.41) is 0.705. The van der Waals surface area contributed by atoms with Crippen molar-refractivity contribution in [1.29, 1.82) is 0 Å². The zero-order chi connectivity index (χ0) is 26.2. The number of pyridine rings is 2. The SMILES string of the molecule is COc1ccc2c(Oc3ccc(CC(=O)c4c(-c5ccccn5)n5n(c4=O)CCC5)cc3F)ccnc2c1. The highest BCUT2D eigenvalue weighted by Gasteiger charge is 2.29. The Morgan fingerprint density at radius 1 is 0.974 bits per heavy atom. The van der Waals surface area contributed by atoms with Gasteiger partial charge in [-0.1, -0.05) is 12.1 Å². The van der Waals surface area contributed by atoms with Gasteiger partial charge < -0.3 is 9.47 Å². The highest BCUT2D eigenvalue weighted by molar-refractivity contribution is 6.02. The van der Waals surface area contributed by atoms with Crippen LogP contribution < -0.4 is 15.0 Å². The molecular weight excluding hydrogens is 487 g/mol. The van der Waals surface area contributed by atoms with Crippen LogP contribution in [-0.2, 0) is 19.5 Å². The van der Waals surface area contributed by atoms with Gasteiger partial charge in [-0.05, 0) is 54.4 Å². The lowest BCUT2D eigenvalue weighted by Crippen LogP contribution is -2.22. The molecule has 0 bridgehead atoms. The Morgan fingerprint density at radius 3 is 2.63 bits per heavy atom. The maximum atomic E-state index is 15.1. The second kappa shape index (κ2) is 9.59. The first-order valence-electron chi connectivity index (χ1n) is 12.2. The summed E-state index contributed by atoms with van der Waals surface area (Å²) < 4.78 is 29.6. The summed E-state index contributed by atoms with van der Waals surface area (Å²) in [5.74, 6) is 0.113. The summed E-state index contributed by atoms with van der Waals surface area (Å²) in [6.07, 6.45) is 3.89. The van der Waals surface area contributed by atoms with Crippen LogP contribution in [0.5, 0.6) is 17.2 Å². The monoisotopic (exact) mass is 510 g/mol. The maximum absolute atomic E-state index is 15.1. The maximum Gasteiger partial charge on any atom is 0.278 e. The van der Waals surface area contributed by atoms with Crippen molar-refractivity contribution in [3.8, 4) is 28.6 Å². The lowest BCUT2D eigenvalue weighted by atomic mass is 10.0. The number of ketones is 1. The molecule has 0 amide bonds. The van der Waals surface area contributed by atoms with Crippen LogP contribution in [0.1, 0.15) is 22.3 Å². The van der Waals surface area contributed by atoms with E-state index in [1.54, 1.807) is 66.6 Å². The molecule has 5 aromatic rings. The predicted molar refractivity (Wildman–Crippen MR) is 139 cm³/mol. The van der Waals surface area contributed by atoms with Gasteiger partial charge in [-0.15, -0.1) is 0 Å². The fraction of sp³-hybridized carbons (Fsp3) is 0.172. The molecule has 0 saturated heterocycles. The van der Waals surface area contributed by atoms with E-state index in [0.717, 1.165) is 6.42 Å². The number of rotatable bonds is 7. The highest BCUT2D eigenvalue weighted by atomic mass is 19.1. The Bertz CT molecular complexity index is 1740. The smallest absolute Gasteiger partial charge is 0.278 e. The summed E-state index contributed by atoms with van der Waals surface area (Å²) in [7, 11) is 1.57. The Kier molecular flexibility index (Phi) is 5.95. The lowest BCUT2D eigenvalue weighted by Gasteiger charge is -2.11. The molecule has 0 fully saturated rings. The van der Waals surface area contributed by atoms with E-state index in [9.17, 15) is 9.59 Å². The van der Waals surface area contributed by atoms with Crippen molar-refractivity contribution < 1.29 is 18.7 Å². The van der Waals surface area contributed by atoms with Crippen molar-refractivity contribution in [2.45, 2.75) is 25.9 Å². The molecule has 0 atom stereocenters. The molecule has 0 saturated carbocycles. The molecule has 4 heterocycles. The first-order chi connectivity index (χ1) is 18.5. The standard InChI is InChI=1S/C29H23FN4O4/c1-37-19-7-8-20-23(17-19)32-12-10-25(20)38-26-9-6-18(15-21(26)30)16-24(35)27-28(22-5-2-3-11-31-22)33-13-4-14-34(33)29(27)36/h2-3,5-12,15,17H,4,13-14,16H2,1H3. The number of halogens is 1. The quantitative estimate of drug-likeness (QED) is 0.286. The van der Waals surface area contributed by atoms with Gasteiger partial charge in [-0.3, -0.25) is 24.2 Å². The molecule has 38 heavy (non-hydrogen) atoms. The largest absolute Gasteiger partial charge is 0.497 e. The molecule has 6 rings (SSSR count). The molecule has 8 nitrogen and oxygen atoms in total. The van der Waals surface area contributed by atoms with Gasteiger partial charge in [0.05, 0.1) is 24.0 Å². The normalized spacial score (nSPS) is 12.5. The van der Waals surface area contributed by atoms with Gasteiger partial charge >= 0.3 is 0 Å². The summed E-state index contributed by atoms with van der Waals surface area (Å²) >= 11 is 0. The van der Waals surface area contributed by atoms with Crippen LogP contribution in [0, 0.1) is 5.82 Å². The number of hydrogen-bond donors (Lipinski definition) is 0. The summed E-state index contributed by atoms with van der Waals surface area (Å²) in [6.45, 7) is 1.18. The third-order valence-electron chi connectivity index (χ3n) is 6.65. The number of hydrogen-bond acceptors (Lipinski definition) is 6. The molecular formula is C29H23FN4O4. The van der Waals surface area contributed by atoms with Crippen molar-refractivity contribution in [2.75, 3.05) is 7.11 Å². The van der Waals surface area contributed by atoms with Crippen molar-refractivity contribution >= 4 is 16.7 Å². The number of ether oxygens (including phenoxy) is 2. The number of Topliss-reactive ketones (excluding diaryl/α,β-unsaturated/α-hetero) is 1. The molecule has 1 aliphatic heterocycles. The van der Waals surface area contributed by atoms with Crippen molar-refractivity contribution in [2.24, 2.45) is 0 Å². The number of methoxy groups -OCH3 is 1. The molecule has 9 heteroatoms. The first kappa shape index (κ1) is 23.6. The molecule has 2 aromatic carbocycles. The van der Waals surface area contributed by atoms with Gasteiger partial charge in [-0.25, -0.2) is 9.07 Å². The Hall–Kier alpha value is -4.79. The average Bonchev–Trinajstić information content (AvgIpc) is 3.52. The fourth-order valence-corrected chi connectivity index (χ4v) is 4.88. The molecule has 0 aliphatic carbocycles. The van der Waals surface area contributed by atoms with E-state index in [-0.39, 0.29) is 29.1 Å². The van der Waals surface area contributed by atoms with Crippen molar-refractivity contribution in [1.82, 2.24) is 19.3 Å². The molecule has 0 unspecified atom stereocenters. The van der Waals surface area contributed by atoms with E-state index in [1.807, 2.05) is 10.7 Å². The third-order valence-corrected chi connectivity index (χ3v) is 6.65. The minimum absolute atomic E-state index is 0.0154. The second-order valence-corrected chi connectivity index (χ2v) is 9.00. The van der Waals surface area contributed by atoms with E-state index in [1.165, 1.54) is 12.1 Å². The van der Waals surface area contributed by atoms with E-state index in [4.69, 9.17) is 9.47 Å². The third kappa shape index (κ3) is 4.11. The van der Waals surface area contributed by atoms with Gasteiger partial charge in [-0.2, -0.15) is 0 Å². The second-order valence-electron chi connectivity index (χ2n) is 9.00. The Balaban J connectivity index is 1.28. The Labute approximate surface area is 216 Å². The highest BCUT2D eigenvalue weighted by Crippen LogP contribution is 2.32. The van der Waals surface area contributed by atoms with Crippen molar-refractivity contribution in [3.05, 3.63) is 100 Å². The molecule has 1 aliphatic rings. The minimum Gasteiger partial charge on any atom is -0.497 e. The van der Waals surface area contributed by atoms with Crippen LogP contribution in [-0.4, -0.2) is 32.2 Å². The van der Waals surface area contributed by atoms with Crippen LogP contribution in [0.2, 0.25) is 0 Å². The topological polar surface area (TPSA) is 88.2 Å². The molecule has 0 N–H and O–H groups in total. The number of fused-ring (bicyclic) bond motifs is 2. The number of aromatic nitrogens is 4. The zero-order valence-corrected chi connectivity index (χ0v) is 20.6. The van der Waals surface area contributed by atoms with Gasteiger partial charge in [0.25, 0.3) is 5.56 Å². The van der Waals surface area contributed by atoms with Gasteiger partial charge in [0, 0.05) is 43.4 Å². The minimum atomic E-state index is -0.616. The van der Waals surface area contributed by atoms with Crippen LogP contribution in [0.15, 0.2) is 77.9 Å². The van der Waals surface area contributed by atoms with Gasteiger partial charge in [0.15, 0.2) is 17.3 Å². The summed E-state index contributed by atoms with van der Waals surface area (Å²) in [5.41, 5.74) is 1.91.